The van der Waals surface area contributed by atoms with Gasteiger partial charge in [0.2, 0.25) is 5.91 Å². The van der Waals surface area contributed by atoms with Crippen LogP contribution in [0.1, 0.15) is 17.0 Å². The highest BCUT2D eigenvalue weighted by Gasteiger charge is 2.07. The Hall–Kier alpha value is -2.33. The van der Waals surface area contributed by atoms with Gasteiger partial charge < -0.3 is 9.88 Å². The van der Waals surface area contributed by atoms with Crippen LogP contribution < -0.4 is 5.32 Å². The van der Waals surface area contributed by atoms with E-state index in [1.807, 2.05) is 35.0 Å². The molecule has 4 heteroatoms. The zero-order valence-corrected chi connectivity index (χ0v) is 13.5. The summed E-state index contributed by atoms with van der Waals surface area (Å²) in [5.74, 6) is 0.0106. The summed E-state index contributed by atoms with van der Waals surface area (Å²) in [6, 6.07) is 14.1. The van der Waals surface area contributed by atoms with E-state index in [0.717, 1.165) is 16.9 Å². The minimum Gasteiger partial charge on any atom is -0.326 e. The number of carbonyl (C=O) groups is 1. The van der Waals surface area contributed by atoms with E-state index in [4.69, 9.17) is 0 Å². The van der Waals surface area contributed by atoms with E-state index < -0.39 is 0 Å². The largest absolute Gasteiger partial charge is 0.326 e. The first-order chi connectivity index (χ1) is 10.6. The van der Waals surface area contributed by atoms with E-state index >= 15 is 0 Å². The molecular formula is C18H18N2OS. The first-order valence-electron chi connectivity index (χ1n) is 7.20. The summed E-state index contributed by atoms with van der Waals surface area (Å²) in [5, 5.41) is 6.96. The van der Waals surface area contributed by atoms with E-state index in [2.05, 4.69) is 41.9 Å². The van der Waals surface area contributed by atoms with Crippen molar-refractivity contribution >= 4 is 22.9 Å². The third-order valence-electron chi connectivity index (χ3n) is 3.60. The molecule has 0 unspecified atom stereocenters. The molecule has 3 nitrogen and oxygen atoms in total. The highest BCUT2D eigenvalue weighted by atomic mass is 32.1. The number of aromatic nitrogens is 1. The van der Waals surface area contributed by atoms with Gasteiger partial charge in [0.15, 0.2) is 0 Å². The second-order valence-corrected chi connectivity index (χ2v) is 6.14. The summed E-state index contributed by atoms with van der Waals surface area (Å²) in [6.07, 6.45) is 0.412. The maximum Gasteiger partial charge on any atom is 0.228 e. The van der Waals surface area contributed by atoms with Gasteiger partial charge in [-0.1, -0.05) is 6.07 Å². The number of rotatable bonds is 4. The van der Waals surface area contributed by atoms with Crippen molar-refractivity contribution in [3.05, 3.63) is 70.2 Å². The second-order valence-electron chi connectivity index (χ2n) is 5.36. The molecule has 112 valence electrons. The normalized spacial score (nSPS) is 10.6. The Kier molecular flexibility index (Phi) is 4.11. The molecule has 0 aliphatic heterocycles. The molecule has 0 spiro atoms. The standard InChI is InChI=1S/C18H18N2OS/c1-13-6-7-14(2)20(13)17-5-3-4-16(11-17)19-18(21)10-15-8-9-22-12-15/h3-9,11-12H,10H2,1-2H3,(H,19,21). The Morgan fingerprint density at radius 3 is 2.59 bits per heavy atom. The molecular weight excluding hydrogens is 292 g/mol. The quantitative estimate of drug-likeness (QED) is 0.764. The van der Waals surface area contributed by atoms with Gasteiger partial charge in [0.1, 0.15) is 0 Å². The molecule has 1 amide bonds. The Morgan fingerprint density at radius 1 is 1.14 bits per heavy atom. The molecule has 22 heavy (non-hydrogen) atoms. The molecule has 0 radical (unpaired) electrons. The van der Waals surface area contributed by atoms with Crippen LogP contribution >= 0.6 is 11.3 Å². The lowest BCUT2D eigenvalue weighted by Crippen LogP contribution is -2.14. The van der Waals surface area contributed by atoms with Crippen LogP contribution in [-0.2, 0) is 11.2 Å². The van der Waals surface area contributed by atoms with Crippen LogP contribution in [0.4, 0.5) is 5.69 Å². The molecule has 1 N–H and O–H groups in total. The van der Waals surface area contributed by atoms with Crippen molar-refractivity contribution in [2.45, 2.75) is 20.3 Å². The summed E-state index contributed by atoms with van der Waals surface area (Å²) in [6.45, 7) is 4.16. The number of amides is 1. The fourth-order valence-electron chi connectivity index (χ4n) is 2.58. The maximum atomic E-state index is 12.1. The molecule has 1 aromatic carbocycles. The zero-order chi connectivity index (χ0) is 15.5. The van der Waals surface area contributed by atoms with Crippen molar-refractivity contribution in [2.75, 3.05) is 5.32 Å². The first kappa shape index (κ1) is 14.6. The van der Waals surface area contributed by atoms with Gasteiger partial charge in [-0.25, -0.2) is 0 Å². The number of hydrogen-bond acceptors (Lipinski definition) is 2. The third kappa shape index (κ3) is 3.12. The molecule has 0 aliphatic rings. The molecule has 0 saturated heterocycles. The predicted octanol–water partition coefficient (Wildman–Crippen LogP) is 4.34. The number of nitrogens with zero attached hydrogens (tertiary/aromatic N) is 1. The van der Waals surface area contributed by atoms with Crippen molar-refractivity contribution in [1.29, 1.82) is 0 Å². The number of carbonyl (C=O) groups excluding carboxylic acids is 1. The molecule has 0 saturated carbocycles. The van der Waals surface area contributed by atoms with Gasteiger partial charge in [-0.2, -0.15) is 11.3 Å². The average molecular weight is 310 g/mol. The van der Waals surface area contributed by atoms with Crippen LogP contribution in [0.2, 0.25) is 0 Å². The van der Waals surface area contributed by atoms with Gasteiger partial charge in [-0.15, -0.1) is 0 Å². The fourth-order valence-corrected chi connectivity index (χ4v) is 3.25. The minimum absolute atomic E-state index is 0.0106. The molecule has 3 aromatic rings. The Morgan fingerprint density at radius 2 is 1.91 bits per heavy atom. The van der Waals surface area contributed by atoms with Gasteiger partial charge >= 0.3 is 0 Å². The van der Waals surface area contributed by atoms with Crippen LogP contribution in [0, 0.1) is 13.8 Å². The number of aryl methyl sites for hydroxylation is 2. The Balaban J connectivity index is 1.78. The molecule has 2 heterocycles. The average Bonchev–Trinajstić information content (AvgIpc) is 3.09. The molecule has 0 aliphatic carbocycles. The highest BCUT2D eigenvalue weighted by Crippen LogP contribution is 2.20. The van der Waals surface area contributed by atoms with Crippen molar-refractivity contribution < 1.29 is 4.79 Å². The SMILES string of the molecule is Cc1ccc(C)n1-c1cccc(NC(=O)Cc2ccsc2)c1. The summed E-state index contributed by atoms with van der Waals surface area (Å²) in [7, 11) is 0. The van der Waals surface area contributed by atoms with E-state index in [9.17, 15) is 4.79 Å². The fraction of sp³-hybridized carbons (Fsp3) is 0.167. The summed E-state index contributed by atoms with van der Waals surface area (Å²) < 4.78 is 2.18. The maximum absolute atomic E-state index is 12.1. The lowest BCUT2D eigenvalue weighted by atomic mass is 10.2. The minimum atomic E-state index is 0.0106. The van der Waals surface area contributed by atoms with Crippen LogP contribution in [0.5, 0.6) is 0 Å². The smallest absolute Gasteiger partial charge is 0.228 e. The van der Waals surface area contributed by atoms with Gasteiger partial charge in [-0.3, -0.25) is 4.79 Å². The molecule has 2 aromatic heterocycles. The first-order valence-corrected chi connectivity index (χ1v) is 8.14. The number of thiophene rings is 1. The summed E-state index contributed by atoms with van der Waals surface area (Å²) in [4.78, 5) is 12.1. The molecule has 0 atom stereocenters. The van der Waals surface area contributed by atoms with Crippen molar-refractivity contribution in [2.24, 2.45) is 0 Å². The zero-order valence-electron chi connectivity index (χ0n) is 12.7. The number of benzene rings is 1. The van der Waals surface area contributed by atoms with Gasteiger partial charge in [0.25, 0.3) is 0 Å². The summed E-state index contributed by atoms with van der Waals surface area (Å²) in [5.41, 5.74) is 5.30. The molecule has 0 fully saturated rings. The Bertz CT molecular complexity index is 768. The third-order valence-corrected chi connectivity index (χ3v) is 4.34. The predicted molar refractivity (Wildman–Crippen MR) is 91.9 cm³/mol. The van der Waals surface area contributed by atoms with Crippen molar-refractivity contribution in [3.63, 3.8) is 0 Å². The van der Waals surface area contributed by atoms with Crippen LogP contribution in [0.25, 0.3) is 5.69 Å². The summed E-state index contributed by atoms with van der Waals surface area (Å²) >= 11 is 1.61. The van der Waals surface area contributed by atoms with Gasteiger partial charge in [-0.05, 0) is 66.6 Å². The van der Waals surface area contributed by atoms with E-state index in [1.165, 1.54) is 11.4 Å². The Labute approximate surface area is 134 Å². The van der Waals surface area contributed by atoms with Crippen molar-refractivity contribution in [1.82, 2.24) is 4.57 Å². The van der Waals surface area contributed by atoms with E-state index in [1.54, 1.807) is 11.3 Å². The topological polar surface area (TPSA) is 34.0 Å². The van der Waals surface area contributed by atoms with Crippen LogP contribution in [0.15, 0.2) is 53.2 Å². The second kappa shape index (κ2) is 6.20. The van der Waals surface area contributed by atoms with Gasteiger partial charge in [0.05, 0.1) is 6.42 Å². The van der Waals surface area contributed by atoms with E-state index in [0.29, 0.717) is 6.42 Å². The van der Waals surface area contributed by atoms with Crippen molar-refractivity contribution in [3.8, 4) is 5.69 Å². The van der Waals surface area contributed by atoms with E-state index in [-0.39, 0.29) is 5.91 Å². The number of nitrogens with one attached hydrogen (secondary N) is 1. The number of hydrogen-bond donors (Lipinski definition) is 1. The van der Waals surface area contributed by atoms with Gasteiger partial charge in [0, 0.05) is 22.8 Å². The lowest BCUT2D eigenvalue weighted by molar-refractivity contribution is -0.115. The monoisotopic (exact) mass is 310 g/mol. The molecule has 3 rings (SSSR count). The highest BCUT2D eigenvalue weighted by molar-refractivity contribution is 7.08. The number of anilines is 1. The van der Waals surface area contributed by atoms with Crippen LogP contribution in [0.3, 0.4) is 0 Å². The van der Waals surface area contributed by atoms with Crippen LogP contribution in [-0.4, -0.2) is 10.5 Å². The lowest BCUT2D eigenvalue weighted by Gasteiger charge is -2.12. The molecule has 0 bridgehead atoms.